The highest BCUT2D eigenvalue weighted by Gasteiger charge is 2.27. The van der Waals surface area contributed by atoms with Crippen LogP contribution < -0.4 is 5.56 Å². The summed E-state index contributed by atoms with van der Waals surface area (Å²) in [5.41, 5.74) is 2.39. The molecule has 5 nitrogen and oxygen atoms in total. The lowest BCUT2D eigenvalue weighted by Gasteiger charge is -2.19. The number of halogens is 1. The zero-order valence-electron chi connectivity index (χ0n) is 12.5. The summed E-state index contributed by atoms with van der Waals surface area (Å²) in [6.45, 7) is 2.03. The van der Waals surface area contributed by atoms with Gasteiger partial charge in [-0.2, -0.15) is 0 Å². The molecular formula is C17H14ClN3O2. The van der Waals surface area contributed by atoms with E-state index in [1.807, 2.05) is 6.92 Å². The number of hydrogen-bond donors (Lipinski definition) is 1. The van der Waals surface area contributed by atoms with Crippen molar-refractivity contribution in [2.45, 2.75) is 19.8 Å². The Labute approximate surface area is 136 Å². The van der Waals surface area contributed by atoms with Crippen LogP contribution in [0.4, 0.5) is 0 Å². The summed E-state index contributed by atoms with van der Waals surface area (Å²) in [5, 5.41) is 4.13. The van der Waals surface area contributed by atoms with Gasteiger partial charge in [-0.05, 0) is 42.2 Å². The lowest BCUT2D eigenvalue weighted by molar-refractivity contribution is 0.0953. The van der Waals surface area contributed by atoms with E-state index in [2.05, 4.69) is 10.1 Å². The number of nitrogens with zero attached hydrogens (tertiary/aromatic N) is 2. The lowest BCUT2D eigenvalue weighted by Crippen LogP contribution is -2.21. The number of pyridine rings is 1. The molecule has 1 aliphatic carbocycles. The third-order valence-electron chi connectivity index (χ3n) is 4.29. The Hall–Kier alpha value is -2.40. The van der Waals surface area contributed by atoms with Crippen LogP contribution >= 0.6 is 11.6 Å². The normalized spacial score (nSPS) is 17.5. The highest BCUT2D eigenvalue weighted by atomic mass is 35.5. The van der Waals surface area contributed by atoms with E-state index in [4.69, 9.17) is 11.6 Å². The molecule has 0 saturated heterocycles. The van der Waals surface area contributed by atoms with Crippen molar-refractivity contribution < 1.29 is 4.79 Å². The average Bonchev–Trinajstić information content (AvgIpc) is 2.85. The van der Waals surface area contributed by atoms with Crippen molar-refractivity contribution >= 4 is 28.4 Å². The molecule has 2 aromatic heterocycles. The van der Waals surface area contributed by atoms with Crippen molar-refractivity contribution in [2.75, 3.05) is 0 Å². The fraction of sp³-hybridized carbons (Fsp3) is 0.235. The van der Waals surface area contributed by atoms with Crippen LogP contribution in [0.2, 0.25) is 5.02 Å². The van der Waals surface area contributed by atoms with Crippen molar-refractivity contribution in [1.82, 2.24) is 14.8 Å². The van der Waals surface area contributed by atoms with Crippen molar-refractivity contribution in [3.05, 3.63) is 57.0 Å². The van der Waals surface area contributed by atoms with E-state index >= 15 is 0 Å². The Bertz CT molecular complexity index is 985. The number of nitrogens with one attached hydrogen (secondary N) is 1. The molecule has 0 aliphatic heterocycles. The van der Waals surface area contributed by atoms with Crippen molar-refractivity contribution in [2.24, 2.45) is 5.92 Å². The summed E-state index contributed by atoms with van der Waals surface area (Å²) in [6, 6.07) is 6.98. The molecule has 0 spiro atoms. The van der Waals surface area contributed by atoms with Gasteiger partial charge in [0.15, 0.2) is 11.4 Å². The zero-order valence-corrected chi connectivity index (χ0v) is 13.2. The van der Waals surface area contributed by atoms with Gasteiger partial charge in [-0.1, -0.05) is 18.5 Å². The molecule has 1 N–H and O–H groups in total. The molecule has 1 aromatic carbocycles. The van der Waals surface area contributed by atoms with Gasteiger partial charge >= 0.3 is 0 Å². The summed E-state index contributed by atoms with van der Waals surface area (Å²) >= 11 is 5.90. The van der Waals surface area contributed by atoms with Gasteiger partial charge in [0.2, 0.25) is 0 Å². The van der Waals surface area contributed by atoms with Gasteiger partial charge in [-0.25, -0.2) is 9.67 Å². The number of carbonyl (C=O) groups is 1. The highest BCUT2D eigenvalue weighted by molar-refractivity contribution is 6.30. The fourth-order valence-electron chi connectivity index (χ4n) is 3.20. The molecule has 0 unspecified atom stereocenters. The maximum Gasteiger partial charge on any atom is 0.281 e. The number of H-pyrrole nitrogens is 1. The first-order valence-electron chi connectivity index (χ1n) is 7.46. The molecule has 1 aliphatic rings. The van der Waals surface area contributed by atoms with E-state index in [9.17, 15) is 9.59 Å². The second-order valence-corrected chi connectivity index (χ2v) is 6.48. The number of hydrogen-bond acceptors (Lipinski definition) is 3. The number of benzene rings is 1. The Kier molecular flexibility index (Phi) is 3.13. The first-order chi connectivity index (χ1) is 11.0. The van der Waals surface area contributed by atoms with Gasteiger partial charge in [0.25, 0.3) is 5.56 Å². The van der Waals surface area contributed by atoms with Gasteiger partial charge < -0.3 is 0 Å². The molecule has 6 heteroatoms. The van der Waals surface area contributed by atoms with Gasteiger partial charge in [-0.3, -0.25) is 14.7 Å². The minimum Gasteiger partial charge on any atom is -0.294 e. The number of ketones is 1. The minimum atomic E-state index is -0.187. The Morgan fingerprint density at radius 3 is 2.70 bits per heavy atom. The number of rotatable bonds is 1. The second-order valence-electron chi connectivity index (χ2n) is 6.04. The summed E-state index contributed by atoms with van der Waals surface area (Å²) in [6.07, 6.45) is 2.80. The van der Waals surface area contributed by atoms with Crippen LogP contribution in [0.3, 0.4) is 0 Å². The number of aromatic amines is 1. The molecular weight excluding hydrogens is 314 g/mol. The Balaban J connectivity index is 1.99. The van der Waals surface area contributed by atoms with Crippen molar-refractivity contribution in [3.8, 4) is 5.69 Å². The lowest BCUT2D eigenvalue weighted by atomic mass is 9.84. The predicted octanol–water partition coefficient (Wildman–Crippen LogP) is 3.13. The van der Waals surface area contributed by atoms with E-state index < -0.39 is 0 Å². The van der Waals surface area contributed by atoms with E-state index in [1.165, 1.54) is 4.68 Å². The molecule has 0 saturated carbocycles. The summed E-state index contributed by atoms with van der Waals surface area (Å²) in [4.78, 5) is 29.3. The fourth-order valence-corrected chi connectivity index (χ4v) is 3.33. The molecule has 116 valence electrons. The maximum absolute atomic E-state index is 12.8. The number of carbonyl (C=O) groups excluding carboxylic acids is 1. The quantitative estimate of drug-likeness (QED) is 0.746. The molecule has 0 radical (unpaired) electrons. The molecule has 0 fully saturated rings. The zero-order chi connectivity index (χ0) is 16.1. The number of aromatic nitrogens is 3. The van der Waals surface area contributed by atoms with Crippen LogP contribution in [-0.2, 0) is 6.42 Å². The van der Waals surface area contributed by atoms with E-state index in [0.29, 0.717) is 40.1 Å². The largest absolute Gasteiger partial charge is 0.294 e. The average molecular weight is 328 g/mol. The van der Waals surface area contributed by atoms with Crippen LogP contribution in [0.15, 0.2) is 35.3 Å². The summed E-state index contributed by atoms with van der Waals surface area (Å²) < 4.78 is 1.44. The summed E-state index contributed by atoms with van der Waals surface area (Å²) in [7, 11) is 0. The van der Waals surface area contributed by atoms with Gasteiger partial charge in [0.05, 0.1) is 11.1 Å². The Morgan fingerprint density at radius 2 is 1.96 bits per heavy atom. The molecule has 0 amide bonds. The van der Waals surface area contributed by atoms with Crippen molar-refractivity contribution in [3.63, 3.8) is 0 Å². The van der Waals surface area contributed by atoms with Crippen LogP contribution in [0.5, 0.6) is 0 Å². The smallest absolute Gasteiger partial charge is 0.281 e. The standard InChI is InChI=1S/C17H14ClN3O2/c1-9-6-12-13(14(22)7-9)8-19-16-15(12)17(23)21(20-16)11-4-2-10(18)3-5-11/h2-5,8-9H,6-7H2,1H3,(H,19,20)/t9-/m0/s1. The third-order valence-corrected chi connectivity index (χ3v) is 4.54. The molecule has 3 aromatic rings. The van der Waals surface area contributed by atoms with E-state index in [1.54, 1.807) is 30.5 Å². The van der Waals surface area contributed by atoms with Gasteiger partial charge in [0, 0.05) is 23.2 Å². The van der Waals surface area contributed by atoms with E-state index in [-0.39, 0.29) is 17.3 Å². The van der Waals surface area contributed by atoms with Crippen LogP contribution in [0, 0.1) is 5.92 Å². The maximum atomic E-state index is 12.8. The molecule has 2 heterocycles. The van der Waals surface area contributed by atoms with Crippen molar-refractivity contribution in [1.29, 1.82) is 0 Å². The highest BCUT2D eigenvalue weighted by Crippen LogP contribution is 2.28. The predicted molar refractivity (Wildman–Crippen MR) is 88.5 cm³/mol. The topological polar surface area (TPSA) is 67.8 Å². The molecule has 23 heavy (non-hydrogen) atoms. The Morgan fingerprint density at radius 1 is 1.22 bits per heavy atom. The monoisotopic (exact) mass is 327 g/mol. The van der Waals surface area contributed by atoms with Crippen LogP contribution in [0.25, 0.3) is 16.7 Å². The van der Waals surface area contributed by atoms with Gasteiger partial charge in [-0.15, -0.1) is 0 Å². The second kappa shape index (κ2) is 5.06. The summed E-state index contributed by atoms with van der Waals surface area (Å²) in [5.74, 6) is 0.297. The SMILES string of the molecule is C[C@@H]1CC(=O)c2cnc3[nH]n(-c4ccc(Cl)cc4)c(=O)c3c2C1. The van der Waals surface area contributed by atoms with E-state index in [0.717, 1.165) is 5.56 Å². The number of fused-ring (bicyclic) bond motifs is 3. The third kappa shape index (κ3) is 2.19. The van der Waals surface area contributed by atoms with Gasteiger partial charge in [0.1, 0.15) is 0 Å². The van der Waals surface area contributed by atoms with Crippen LogP contribution in [-0.4, -0.2) is 20.5 Å². The number of Topliss-reactive ketones (excluding diaryl/α,β-unsaturated/α-hetero) is 1. The molecule has 1 atom stereocenters. The molecule has 4 rings (SSSR count). The molecule has 0 bridgehead atoms. The first-order valence-corrected chi connectivity index (χ1v) is 7.84. The first kappa shape index (κ1) is 14.2. The minimum absolute atomic E-state index is 0.0618. The van der Waals surface area contributed by atoms with Crippen LogP contribution in [0.1, 0.15) is 29.3 Å².